The Kier molecular flexibility index (Phi) is 7.63. The Morgan fingerprint density at radius 1 is 0.933 bits per heavy atom. The van der Waals surface area contributed by atoms with E-state index in [1.807, 2.05) is 62.4 Å². The number of carbonyl (C=O) groups is 2. The number of benzene rings is 2. The van der Waals surface area contributed by atoms with Crippen LogP contribution >= 0.6 is 11.8 Å². The molecule has 0 aliphatic rings. The number of aryl methyl sites for hydroxylation is 2. The maximum atomic E-state index is 12.6. The fourth-order valence-electron chi connectivity index (χ4n) is 3.02. The van der Waals surface area contributed by atoms with Crippen LogP contribution in [0.2, 0.25) is 0 Å². The average molecular weight is 421 g/mol. The van der Waals surface area contributed by atoms with E-state index in [0.717, 1.165) is 34.6 Å². The zero-order chi connectivity index (χ0) is 21.3. The highest BCUT2D eigenvalue weighted by Crippen LogP contribution is 2.28. The summed E-state index contributed by atoms with van der Waals surface area (Å²) in [4.78, 5) is 30.3. The van der Waals surface area contributed by atoms with Crippen molar-refractivity contribution in [2.75, 3.05) is 11.9 Å². The first-order valence-corrected chi connectivity index (χ1v) is 10.7. The van der Waals surface area contributed by atoms with Gasteiger partial charge in [-0.3, -0.25) is 4.79 Å². The summed E-state index contributed by atoms with van der Waals surface area (Å²) in [5.41, 5.74) is 3.26. The van der Waals surface area contributed by atoms with E-state index in [4.69, 9.17) is 4.74 Å². The second-order valence-electron chi connectivity index (χ2n) is 6.55. The quantitative estimate of drug-likeness (QED) is 0.510. The van der Waals surface area contributed by atoms with Crippen LogP contribution in [0.1, 0.15) is 35.3 Å². The second kappa shape index (κ2) is 10.6. The van der Waals surface area contributed by atoms with E-state index in [1.165, 1.54) is 11.8 Å². The lowest BCUT2D eigenvalue weighted by atomic mass is 10.0. The van der Waals surface area contributed by atoms with Crippen LogP contribution in [0, 0.1) is 0 Å². The van der Waals surface area contributed by atoms with Gasteiger partial charge < -0.3 is 10.1 Å². The van der Waals surface area contributed by atoms with E-state index in [0.29, 0.717) is 10.6 Å². The molecule has 0 bridgehead atoms. The number of aromatic nitrogens is 1. The van der Waals surface area contributed by atoms with Crippen molar-refractivity contribution in [3.63, 3.8) is 0 Å². The van der Waals surface area contributed by atoms with Gasteiger partial charge in [0, 0.05) is 16.8 Å². The third-order valence-corrected chi connectivity index (χ3v) is 5.57. The van der Waals surface area contributed by atoms with Gasteiger partial charge in [0.05, 0.1) is 5.56 Å². The van der Waals surface area contributed by atoms with E-state index in [9.17, 15) is 9.59 Å². The number of hydrogen-bond donors (Lipinski definition) is 1. The summed E-state index contributed by atoms with van der Waals surface area (Å²) in [5, 5.41) is 3.45. The Balaban J connectivity index is 1.66. The monoisotopic (exact) mass is 420 g/mol. The molecule has 0 aliphatic heterocycles. The average Bonchev–Trinajstić information content (AvgIpc) is 2.78. The standard InChI is InChI=1S/C24H24N2O3S/c1-3-17-10-8-11-18(4-2)22(17)26-21(27)16-29-24(28)20-14-9-15-25-23(20)30-19-12-6-5-7-13-19/h5-15H,3-4,16H2,1-2H3,(H,26,27). The first-order chi connectivity index (χ1) is 14.6. The lowest BCUT2D eigenvalue weighted by Gasteiger charge is -2.14. The highest BCUT2D eigenvalue weighted by molar-refractivity contribution is 7.99. The molecule has 5 nitrogen and oxygen atoms in total. The van der Waals surface area contributed by atoms with E-state index in [-0.39, 0.29) is 12.5 Å². The third-order valence-electron chi connectivity index (χ3n) is 4.55. The van der Waals surface area contributed by atoms with Crippen LogP contribution in [-0.2, 0) is 22.4 Å². The molecule has 6 heteroatoms. The maximum Gasteiger partial charge on any atom is 0.341 e. The van der Waals surface area contributed by atoms with Crippen molar-refractivity contribution in [3.05, 3.63) is 83.6 Å². The maximum absolute atomic E-state index is 12.6. The number of hydrogen-bond acceptors (Lipinski definition) is 5. The molecule has 0 radical (unpaired) electrons. The Labute approximate surface area is 180 Å². The van der Waals surface area contributed by atoms with Crippen LogP contribution in [0.25, 0.3) is 0 Å². The van der Waals surface area contributed by atoms with Gasteiger partial charge in [-0.15, -0.1) is 0 Å². The van der Waals surface area contributed by atoms with Crippen molar-refractivity contribution in [2.45, 2.75) is 36.6 Å². The minimum atomic E-state index is -0.573. The summed E-state index contributed by atoms with van der Waals surface area (Å²) in [6.07, 6.45) is 3.24. The topological polar surface area (TPSA) is 68.3 Å². The smallest absolute Gasteiger partial charge is 0.341 e. The minimum absolute atomic E-state index is 0.336. The molecule has 0 saturated heterocycles. The van der Waals surface area contributed by atoms with Crippen LogP contribution in [0.3, 0.4) is 0 Å². The Morgan fingerprint density at radius 2 is 1.63 bits per heavy atom. The van der Waals surface area contributed by atoms with Crippen LogP contribution < -0.4 is 5.32 Å². The zero-order valence-corrected chi connectivity index (χ0v) is 17.9. The third kappa shape index (κ3) is 5.48. The summed E-state index contributed by atoms with van der Waals surface area (Å²) >= 11 is 1.38. The number of amides is 1. The lowest BCUT2D eigenvalue weighted by Crippen LogP contribution is -2.22. The number of carbonyl (C=O) groups excluding carboxylic acids is 2. The van der Waals surface area contributed by atoms with Crippen molar-refractivity contribution in [3.8, 4) is 0 Å². The number of nitrogens with one attached hydrogen (secondary N) is 1. The Hall–Kier alpha value is -3.12. The molecule has 0 aliphatic carbocycles. The number of nitrogens with zero attached hydrogens (tertiary/aromatic N) is 1. The van der Waals surface area contributed by atoms with Crippen LogP contribution in [0.4, 0.5) is 5.69 Å². The molecule has 1 heterocycles. The van der Waals surface area contributed by atoms with E-state index in [1.54, 1.807) is 18.3 Å². The normalized spacial score (nSPS) is 10.5. The lowest BCUT2D eigenvalue weighted by molar-refractivity contribution is -0.119. The van der Waals surface area contributed by atoms with Gasteiger partial charge in [0.2, 0.25) is 0 Å². The molecule has 154 valence electrons. The molecule has 30 heavy (non-hydrogen) atoms. The fourth-order valence-corrected chi connectivity index (χ4v) is 3.91. The Morgan fingerprint density at radius 3 is 2.30 bits per heavy atom. The number of para-hydroxylation sites is 1. The molecule has 0 fully saturated rings. The van der Waals surface area contributed by atoms with Gasteiger partial charge in [-0.1, -0.05) is 62.0 Å². The molecule has 3 aromatic rings. The molecule has 0 spiro atoms. The van der Waals surface area contributed by atoms with E-state index < -0.39 is 5.97 Å². The van der Waals surface area contributed by atoms with Gasteiger partial charge in [0.25, 0.3) is 5.91 Å². The van der Waals surface area contributed by atoms with E-state index >= 15 is 0 Å². The molecular formula is C24H24N2O3S. The molecule has 0 unspecified atom stereocenters. The van der Waals surface area contributed by atoms with Crippen LogP contribution in [0.5, 0.6) is 0 Å². The summed E-state index contributed by atoms with van der Waals surface area (Å²) in [6, 6.07) is 19.0. The van der Waals surface area contributed by atoms with Crippen molar-refractivity contribution >= 4 is 29.3 Å². The second-order valence-corrected chi connectivity index (χ2v) is 7.62. The summed E-state index contributed by atoms with van der Waals surface area (Å²) < 4.78 is 5.28. The van der Waals surface area contributed by atoms with Gasteiger partial charge in [0.15, 0.2) is 6.61 Å². The van der Waals surface area contributed by atoms with Crippen molar-refractivity contribution in [1.82, 2.24) is 4.98 Å². The summed E-state index contributed by atoms with van der Waals surface area (Å²) in [7, 11) is 0. The van der Waals surface area contributed by atoms with Gasteiger partial charge >= 0.3 is 5.97 Å². The summed E-state index contributed by atoms with van der Waals surface area (Å²) in [6.45, 7) is 3.72. The van der Waals surface area contributed by atoms with Crippen molar-refractivity contribution in [1.29, 1.82) is 0 Å². The molecule has 3 rings (SSSR count). The van der Waals surface area contributed by atoms with Gasteiger partial charge in [-0.25, -0.2) is 9.78 Å². The highest BCUT2D eigenvalue weighted by atomic mass is 32.2. The van der Waals surface area contributed by atoms with Gasteiger partial charge in [-0.05, 0) is 48.2 Å². The largest absolute Gasteiger partial charge is 0.452 e. The highest BCUT2D eigenvalue weighted by Gasteiger charge is 2.17. The van der Waals surface area contributed by atoms with E-state index in [2.05, 4.69) is 10.3 Å². The Bertz CT molecular complexity index is 1000. The van der Waals surface area contributed by atoms with Crippen LogP contribution in [-0.4, -0.2) is 23.5 Å². The number of anilines is 1. The minimum Gasteiger partial charge on any atom is -0.452 e. The first-order valence-electron chi connectivity index (χ1n) is 9.88. The molecule has 0 atom stereocenters. The molecule has 1 aromatic heterocycles. The molecular weight excluding hydrogens is 396 g/mol. The van der Waals surface area contributed by atoms with Gasteiger partial charge in [-0.2, -0.15) is 0 Å². The molecule has 2 aromatic carbocycles. The van der Waals surface area contributed by atoms with Crippen molar-refractivity contribution < 1.29 is 14.3 Å². The number of rotatable bonds is 8. The fraction of sp³-hybridized carbons (Fsp3) is 0.208. The predicted octanol–water partition coefficient (Wildman–Crippen LogP) is 5.15. The number of esters is 1. The molecule has 1 amide bonds. The van der Waals surface area contributed by atoms with Gasteiger partial charge in [0.1, 0.15) is 5.03 Å². The number of pyridine rings is 1. The first kappa shape index (κ1) is 21.6. The number of ether oxygens (including phenoxy) is 1. The molecule has 0 saturated carbocycles. The zero-order valence-electron chi connectivity index (χ0n) is 17.1. The SMILES string of the molecule is CCc1cccc(CC)c1NC(=O)COC(=O)c1cccnc1Sc1ccccc1. The van der Waals surface area contributed by atoms with Crippen LogP contribution in [0.15, 0.2) is 76.8 Å². The summed E-state index contributed by atoms with van der Waals surface area (Å²) in [5.74, 6) is -0.934. The predicted molar refractivity (Wildman–Crippen MR) is 119 cm³/mol. The molecule has 1 N–H and O–H groups in total. The van der Waals surface area contributed by atoms with Crippen molar-refractivity contribution in [2.24, 2.45) is 0 Å².